The van der Waals surface area contributed by atoms with Crippen LogP contribution >= 0.6 is 23.2 Å². The van der Waals surface area contributed by atoms with Gasteiger partial charge in [-0.2, -0.15) is 0 Å². The molecule has 4 rings (SSSR count). The molecule has 3 aromatic carbocycles. The number of para-hydroxylation sites is 1. The van der Waals surface area contributed by atoms with Gasteiger partial charge >= 0.3 is 0 Å². The number of hydrogen-bond acceptors (Lipinski definition) is 3. The monoisotopic (exact) mass is 412 g/mol. The first-order valence-electron chi connectivity index (χ1n) is 9.49. The summed E-state index contributed by atoms with van der Waals surface area (Å²) in [7, 11) is 0. The molecule has 1 heterocycles. The molecule has 0 unspecified atom stereocenters. The predicted molar refractivity (Wildman–Crippen MR) is 118 cm³/mol. The molecule has 1 aliphatic heterocycles. The standard InChI is InChI=1S/C23H22Cl2N2O/c24-19-9-4-10-20(25)23(19)28-22-14-17(16-6-2-1-3-7-16)11-12-21(22)27-15-18-8-5-13-26-18/h1-4,6-7,9-12,14,18,26-27H,5,8,13,15H2/t18-/m0/s1. The zero-order valence-electron chi connectivity index (χ0n) is 15.4. The van der Waals surface area contributed by atoms with E-state index in [1.54, 1.807) is 12.1 Å². The minimum atomic E-state index is 0.470. The van der Waals surface area contributed by atoms with Crippen molar-refractivity contribution in [1.29, 1.82) is 0 Å². The molecule has 3 nitrogen and oxygen atoms in total. The van der Waals surface area contributed by atoms with E-state index in [0.717, 1.165) is 29.9 Å². The molecule has 3 aromatic rings. The van der Waals surface area contributed by atoms with Crippen molar-refractivity contribution >= 4 is 28.9 Å². The zero-order chi connectivity index (χ0) is 19.3. The molecule has 1 aliphatic rings. The molecule has 0 radical (unpaired) electrons. The molecule has 1 atom stereocenters. The number of anilines is 1. The second kappa shape index (κ2) is 8.87. The summed E-state index contributed by atoms with van der Waals surface area (Å²) in [5.74, 6) is 1.17. The first-order chi connectivity index (χ1) is 13.7. The van der Waals surface area contributed by atoms with Crippen molar-refractivity contribution in [2.75, 3.05) is 18.4 Å². The molecular formula is C23H22Cl2N2O. The van der Waals surface area contributed by atoms with Crippen LogP contribution in [-0.4, -0.2) is 19.1 Å². The number of rotatable bonds is 6. The average molecular weight is 413 g/mol. The lowest BCUT2D eigenvalue weighted by atomic mass is 10.0. The van der Waals surface area contributed by atoms with E-state index < -0.39 is 0 Å². The maximum absolute atomic E-state index is 6.33. The molecule has 0 saturated carbocycles. The van der Waals surface area contributed by atoms with Crippen molar-refractivity contribution in [2.24, 2.45) is 0 Å². The van der Waals surface area contributed by atoms with Crippen molar-refractivity contribution in [3.8, 4) is 22.6 Å². The van der Waals surface area contributed by atoms with Crippen LogP contribution < -0.4 is 15.4 Å². The topological polar surface area (TPSA) is 33.3 Å². The molecule has 1 fully saturated rings. The molecule has 0 spiro atoms. The number of nitrogens with one attached hydrogen (secondary N) is 2. The lowest BCUT2D eigenvalue weighted by Crippen LogP contribution is -2.29. The summed E-state index contributed by atoms with van der Waals surface area (Å²) in [6.45, 7) is 1.93. The van der Waals surface area contributed by atoms with Crippen LogP contribution in [0.1, 0.15) is 12.8 Å². The molecule has 28 heavy (non-hydrogen) atoms. The predicted octanol–water partition coefficient (Wildman–Crippen LogP) is 6.62. The fraction of sp³-hybridized carbons (Fsp3) is 0.217. The Bertz CT molecular complexity index is 920. The highest BCUT2D eigenvalue weighted by Gasteiger charge is 2.16. The fourth-order valence-electron chi connectivity index (χ4n) is 3.42. The second-order valence-electron chi connectivity index (χ2n) is 6.90. The number of halogens is 2. The van der Waals surface area contributed by atoms with E-state index in [1.807, 2.05) is 30.3 Å². The molecule has 0 amide bonds. The summed E-state index contributed by atoms with van der Waals surface area (Å²) >= 11 is 12.7. The summed E-state index contributed by atoms with van der Waals surface area (Å²) < 4.78 is 6.20. The third kappa shape index (κ3) is 4.44. The Hall–Kier alpha value is -2.20. The van der Waals surface area contributed by atoms with Crippen LogP contribution in [0, 0.1) is 0 Å². The van der Waals surface area contributed by atoms with Gasteiger partial charge in [-0.05, 0) is 54.8 Å². The maximum atomic E-state index is 6.33. The van der Waals surface area contributed by atoms with Crippen LogP contribution in [0.5, 0.6) is 11.5 Å². The Morgan fingerprint density at radius 1 is 0.929 bits per heavy atom. The van der Waals surface area contributed by atoms with E-state index in [2.05, 4.69) is 34.9 Å². The van der Waals surface area contributed by atoms with E-state index in [0.29, 0.717) is 27.6 Å². The van der Waals surface area contributed by atoms with Crippen LogP contribution in [0.15, 0.2) is 66.7 Å². The van der Waals surface area contributed by atoms with Crippen molar-refractivity contribution in [1.82, 2.24) is 5.32 Å². The van der Waals surface area contributed by atoms with Gasteiger partial charge in [0.05, 0.1) is 15.7 Å². The van der Waals surface area contributed by atoms with Crippen molar-refractivity contribution in [3.63, 3.8) is 0 Å². The van der Waals surface area contributed by atoms with E-state index in [4.69, 9.17) is 27.9 Å². The first-order valence-corrected chi connectivity index (χ1v) is 10.2. The minimum Gasteiger partial charge on any atom is -0.452 e. The van der Waals surface area contributed by atoms with Gasteiger partial charge in [0.15, 0.2) is 11.5 Å². The molecule has 1 saturated heterocycles. The largest absolute Gasteiger partial charge is 0.452 e. The normalized spacial score (nSPS) is 16.1. The van der Waals surface area contributed by atoms with Gasteiger partial charge in [0, 0.05) is 12.6 Å². The average Bonchev–Trinajstić information content (AvgIpc) is 3.24. The van der Waals surface area contributed by atoms with Gasteiger partial charge in [0.2, 0.25) is 0 Å². The Morgan fingerprint density at radius 3 is 2.43 bits per heavy atom. The third-order valence-electron chi connectivity index (χ3n) is 4.92. The summed E-state index contributed by atoms with van der Waals surface area (Å²) in [6, 6.07) is 22.2. The van der Waals surface area contributed by atoms with Gasteiger partial charge in [-0.1, -0.05) is 65.7 Å². The highest BCUT2D eigenvalue weighted by Crippen LogP contribution is 2.40. The molecule has 2 N–H and O–H groups in total. The molecular weight excluding hydrogens is 391 g/mol. The van der Waals surface area contributed by atoms with Crippen molar-refractivity contribution in [3.05, 3.63) is 76.8 Å². The van der Waals surface area contributed by atoms with Crippen LogP contribution in [0.4, 0.5) is 5.69 Å². The van der Waals surface area contributed by atoms with Crippen LogP contribution in [-0.2, 0) is 0 Å². The minimum absolute atomic E-state index is 0.470. The van der Waals surface area contributed by atoms with E-state index in [9.17, 15) is 0 Å². The van der Waals surface area contributed by atoms with Crippen molar-refractivity contribution < 1.29 is 4.74 Å². The summed E-state index contributed by atoms with van der Waals surface area (Å²) in [6.07, 6.45) is 2.40. The highest BCUT2D eigenvalue weighted by molar-refractivity contribution is 6.37. The van der Waals surface area contributed by atoms with Gasteiger partial charge < -0.3 is 15.4 Å². The fourth-order valence-corrected chi connectivity index (χ4v) is 3.89. The third-order valence-corrected chi connectivity index (χ3v) is 5.52. The SMILES string of the molecule is Clc1cccc(Cl)c1Oc1cc(-c2ccccc2)ccc1NC[C@@H]1CCCN1. The van der Waals surface area contributed by atoms with Crippen LogP contribution in [0.2, 0.25) is 10.0 Å². The zero-order valence-corrected chi connectivity index (χ0v) is 16.9. The molecule has 0 aromatic heterocycles. The van der Waals surface area contributed by atoms with Gasteiger partial charge in [0.25, 0.3) is 0 Å². The van der Waals surface area contributed by atoms with E-state index in [-0.39, 0.29) is 0 Å². The van der Waals surface area contributed by atoms with Gasteiger partial charge in [-0.25, -0.2) is 0 Å². The first kappa shape index (κ1) is 19.1. The summed E-state index contributed by atoms with van der Waals surface area (Å²) in [5, 5.41) is 8.00. The highest BCUT2D eigenvalue weighted by atomic mass is 35.5. The number of hydrogen-bond donors (Lipinski definition) is 2. The van der Waals surface area contributed by atoms with Gasteiger partial charge in [-0.15, -0.1) is 0 Å². The quantitative estimate of drug-likeness (QED) is 0.477. The summed E-state index contributed by atoms with van der Waals surface area (Å²) in [5.41, 5.74) is 3.12. The van der Waals surface area contributed by atoms with E-state index in [1.165, 1.54) is 12.8 Å². The Labute approximate surface area is 175 Å². The molecule has 144 valence electrons. The van der Waals surface area contributed by atoms with Crippen LogP contribution in [0.25, 0.3) is 11.1 Å². The van der Waals surface area contributed by atoms with E-state index >= 15 is 0 Å². The second-order valence-corrected chi connectivity index (χ2v) is 7.72. The maximum Gasteiger partial charge on any atom is 0.164 e. The lowest BCUT2D eigenvalue weighted by Gasteiger charge is -2.18. The van der Waals surface area contributed by atoms with Gasteiger partial charge in [0.1, 0.15) is 0 Å². The lowest BCUT2D eigenvalue weighted by molar-refractivity contribution is 0.484. The number of benzene rings is 3. The van der Waals surface area contributed by atoms with Gasteiger partial charge in [-0.3, -0.25) is 0 Å². The Balaban J connectivity index is 1.66. The Morgan fingerprint density at radius 2 is 1.71 bits per heavy atom. The molecule has 0 bridgehead atoms. The number of ether oxygens (including phenoxy) is 1. The Kier molecular flexibility index (Phi) is 6.06. The molecule has 0 aliphatic carbocycles. The smallest absolute Gasteiger partial charge is 0.164 e. The summed E-state index contributed by atoms with van der Waals surface area (Å²) in [4.78, 5) is 0. The van der Waals surface area contributed by atoms with Crippen molar-refractivity contribution in [2.45, 2.75) is 18.9 Å². The van der Waals surface area contributed by atoms with Crippen LogP contribution in [0.3, 0.4) is 0 Å². The molecule has 5 heteroatoms.